The Morgan fingerprint density at radius 3 is 2.35 bits per heavy atom. The van der Waals surface area contributed by atoms with Crippen LogP contribution in [-0.2, 0) is 14.2 Å². The van der Waals surface area contributed by atoms with Crippen LogP contribution in [-0.4, -0.2) is 56.1 Å². The minimum atomic E-state index is -3.32. The van der Waals surface area contributed by atoms with Gasteiger partial charge in [-0.2, -0.15) is 8.78 Å². The van der Waals surface area contributed by atoms with Gasteiger partial charge in [0.15, 0.2) is 6.61 Å². The molecule has 1 saturated heterocycles. The molecule has 0 aromatic rings. The van der Waals surface area contributed by atoms with Crippen LogP contribution >= 0.6 is 0 Å². The first-order valence-electron chi connectivity index (χ1n) is 5.54. The highest BCUT2D eigenvalue weighted by Crippen LogP contribution is 2.25. The van der Waals surface area contributed by atoms with Crippen LogP contribution in [0.4, 0.5) is 13.6 Å². The summed E-state index contributed by atoms with van der Waals surface area (Å²) >= 11 is 0. The first kappa shape index (κ1) is 14.1. The molecule has 1 heterocycles. The minimum Gasteiger partial charge on any atom is -0.443 e. The number of rotatable bonds is 5. The molecule has 0 spiro atoms. The molecule has 17 heavy (non-hydrogen) atoms. The molecule has 0 radical (unpaired) electrons. The SMILES string of the molecule is CCN(CC)C(=O)OCC(F)(F)C1OCCO1. The van der Waals surface area contributed by atoms with Gasteiger partial charge in [-0.25, -0.2) is 4.79 Å². The lowest BCUT2D eigenvalue weighted by molar-refractivity contribution is -0.220. The predicted octanol–water partition coefficient (Wildman–Crippen LogP) is 1.47. The first-order valence-corrected chi connectivity index (χ1v) is 5.54. The zero-order valence-electron chi connectivity index (χ0n) is 9.95. The molecule has 0 N–H and O–H groups in total. The maximum Gasteiger partial charge on any atom is 0.409 e. The highest BCUT2D eigenvalue weighted by Gasteiger charge is 2.45. The summed E-state index contributed by atoms with van der Waals surface area (Å²) in [5.41, 5.74) is 0. The van der Waals surface area contributed by atoms with Crippen molar-refractivity contribution in [1.82, 2.24) is 4.90 Å². The van der Waals surface area contributed by atoms with Gasteiger partial charge < -0.3 is 19.1 Å². The van der Waals surface area contributed by atoms with Gasteiger partial charge in [0.1, 0.15) is 0 Å². The summed E-state index contributed by atoms with van der Waals surface area (Å²) in [5, 5.41) is 0. The molecule has 1 rings (SSSR count). The molecule has 0 bridgehead atoms. The van der Waals surface area contributed by atoms with Gasteiger partial charge in [0, 0.05) is 13.1 Å². The van der Waals surface area contributed by atoms with E-state index in [-0.39, 0.29) is 13.2 Å². The average molecular weight is 253 g/mol. The lowest BCUT2D eigenvalue weighted by Gasteiger charge is -2.23. The summed E-state index contributed by atoms with van der Waals surface area (Å²) in [6, 6.07) is 0. The Balaban J connectivity index is 2.40. The van der Waals surface area contributed by atoms with E-state index in [0.29, 0.717) is 13.1 Å². The Bertz CT molecular complexity index is 253. The van der Waals surface area contributed by atoms with Crippen molar-refractivity contribution in [3.63, 3.8) is 0 Å². The Hall–Kier alpha value is -0.950. The fourth-order valence-electron chi connectivity index (χ4n) is 1.40. The number of hydrogen-bond donors (Lipinski definition) is 0. The number of amides is 1. The van der Waals surface area contributed by atoms with E-state index in [1.54, 1.807) is 13.8 Å². The maximum absolute atomic E-state index is 13.4. The van der Waals surface area contributed by atoms with Crippen LogP contribution < -0.4 is 0 Å². The largest absolute Gasteiger partial charge is 0.443 e. The Labute approximate surface area is 98.6 Å². The molecule has 0 aromatic heterocycles. The van der Waals surface area contributed by atoms with Crippen LogP contribution in [0, 0.1) is 0 Å². The van der Waals surface area contributed by atoms with E-state index in [0.717, 1.165) is 0 Å². The zero-order valence-corrected chi connectivity index (χ0v) is 9.95. The zero-order chi connectivity index (χ0) is 12.9. The van der Waals surface area contributed by atoms with Crippen molar-refractivity contribution in [2.24, 2.45) is 0 Å². The van der Waals surface area contributed by atoms with E-state index in [1.807, 2.05) is 0 Å². The number of carbonyl (C=O) groups is 1. The Morgan fingerprint density at radius 1 is 1.35 bits per heavy atom. The van der Waals surface area contributed by atoms with Crippen molar-refractivity contribution in [1.29, 1.82) is 0 Å². The minimum absolute atomic E-state index is 0.129. The number of alkyl halides is 2. The van der Waals surface area contributed by atoms with E-state index < -0.39 is 24.9 Å². The van der Waals surface area contributed by atoms with Crippen molar-refractivity contribution in [3.8, 4) is 0 Å². The third-order valence-electron chi connectivity index (χ3n) is 2.38. The van der Waals surface area contributed by atoms with E-state index in [9.17, 15) is 13.6 Å². The maximum atomic E-state index is 13.4. The van der Waals surface area contributed by atoms with Crippen molar-refractivity contribution >= 4 is 6.09 Å². The molecular formula is C10H17F2NO4. The second-order valence-corrected chi connectivity index (χ2v) is 3.56. The van der Waals surface area contributed by atoms with Crippen LogP contribution in [0.2, 0.25) is 0 Å². The van der Waals surface area contributed by atoms with Gasteiger partial charge in [-0.05, 0) is 13.8 Å². The van der Waals surface area contributed by atoms with E-state index in [4.69, 9.17) is 0 Å². The van der Waals surface area contributed by atoms with Crippen molar-refractivity contribution < 1.29 is 27.8 Å². The normalized spacial score (nSPS) is 17.2. The Morgan fingerprint density at radius 2 is 1.88 bits per heavy atom. The first-order chi connectivity index (χ1) is 8.01. The lowest BCUT2D eigenvalue weighted by atomic mass is 10.3. The number of hydrogen-bond acceptors (Lipinski definition) is 4. The fraction of sp³-hybridized carbons (Fsp3) is 0.900. The molecule has 1 aliphatic heterocycles. The summed E-state index contributed by atoms with van der Waals surface area (Å²) in [7, 11) is 0. The van der Waals surface area contributed by atoms with Gasteiger partial charge in [-0.3, -0.25) is 0 Å². The third kappa shape index (κ3) is 3.78. The van der Waals surface area contributed by atoms with Gasteiger partial charge in [0.25, 0.3) is 0 Å². The fourth-order valence-corrected chi connectivity index (χ4v) is 1.40. The van der Waals surface area contributed by atoms with Crippen LogP contribution in [0.25, 0.3) is 0 Å². The van der Waals surface area contributed by atoms with E-state index >= 15 is 0 Å². The number of halogens is 2. The van der Waals surface area contributed by atoms with Crippen LogP contribution in [0.3, 0.4) is 0 Å². The highest BCUT2D eigenvalue weighted by molar-refractivity contribution is 5.67. The summed E-state index contributed by atoms with van der Waals surface area (Å²) in [6.45, 7) is 3.54. The van der Waals surface area contributed by atoms with E-state index in [1.165, 1.54) is 4.90 Å². The van der Waals surface area contributed by atoms with Crippen molar-refractivity contribution in [3.05, 3.63) is 0 Å². The van der Waals surface area contributed by atoms with Crippen LogP contribution in [0.1, 0.15) is 13.8 Å². The summed E-state index contributed by atoms with van der Waals surface area (Å²) in [6.07, 6.45) is -2.38. The molecule has 0 unspecified atom stereocenters. The third-order valence-corrected chi connectivity index (χ3v) is 2.38. The molecule has 0 atom stereocenters. The molecule has 0 aliphatic carbocycles. The topological polar surface area (TPSA) is 48.0 Å². The number of ether oxygens (including phenoxy) is 3. The molecule has 1 amide bonds. The van der Waals surface area contributed by atoms with Gasteiger partial charge in [-0.15, -0.1) is 0 Å². The van der Waals surface area contributed by atoms with Crippen molar-refractivity contribution in [2.75, 3.05) is 32.9 Å². The molecule has 7 heteroatoms. The quantitative estimate of drug-likeness (QED) is 0.744. The van der Waals surface area contributed by atoms with Gasteiger partial charge >= 0.3 is 12.0 Å². The predicted molar refractivity (Wildman–Crippen MR) is 54.9 cm³/mol. The molecule has 5 nitrogen and oxygen atoms in total. The van der Waals surface area contributed by atoms with Gasteiger partial charge in [0.2, 0.25) is 6.29 Å². The molecule has 1 aliphatic rings. The highest BCUT2D eigenvalue weighted by atomic mass is 19.3. The van der Waals surface area contributed by atoms with E-state index in [2.05, 4.69) is 14.2 Å². The van der Waals surface area contributed by atoms with Gasteiger partial charge in [0.05, 0.1) is 13.2 Å². The van der Waals surface area contributed by atoms with Gasteiger partial charge in [-0.1, -0.05) is 0 Å². The second kappa shape index (κ2) is 6.11. The lowest BCUT2D eigenvalue weighted by Crippen LogP contribution is -2.41. The standard InChI is InChI=1S/C10H17F2NO4/c1-3-13(4-2)9(14)17-7-10(11,12)8-15-5-6-16-8/h8H,3-7H2,1-2H3. The number of nitrogens with zero attached hydrogens (tertiary/aromatic N) is 1. The average Bonchev–Trinajstić information content (AvgIpc) is 2.82. The smallest absolute Gasteiger partial charge is 0.409 e. The molecule has 1 fully saturated rings. The van der Waals surface area contributed by atoms with Crippen LogP contribution in [0.5, 0.6) is 0 Å². The van der Waals surface area contributed by atoms with Crippen molar-refractivity contribution in [2.45, 2.75) is 26.1 Å². The van der Waals surface area contributed by atoms with Crippen LogP contribution in [0.15, 0.2) is 0 Å². The molecule has 100 valence electrons. The molecular weight excluding hydrogens is 236 g/mol. The number of carbonyl (C=O) groups excluding carboxylic acids is 1. The monoisotopic (exact) mass is 253 g/mol. The summed E-state index contributed by atoms with van der Waals surface area (Å²) in [4.78, 5) is 12.7. The molecule has 0 saturated carbocycles. The Kier molecular flexibility index (Phi) is 5.07. The summed E-state index contributed by atoms with van der Waals surface area (Å²) < 4.78 is 40.7. The molecule has 0 aromatic carbocycles. The second-order valence-electron chi connectivity index (χ2n) is 3.56. The summed E-state index contributed by atoms with van der Waals surface area (Å²) in [5.74, 6) is -3.32.